The lowest BCUT2D eigenvalue weighted by atomic mass is 9.95. The predicted octanol–water partition coefficient (Wildman–Crippen LogP) is 3.74. The molecule has 1 N–H and O–H groups in total. The number of imidazole rings is 1. The zero-order valence-corrected chi connectivity index (χ0v) is 17.7. The molecule has 9 heteroatoms. The van der Waals surface area contributed by atoms with Gasteiger partial charge in [-0.3, -0.25) is 4.57 Å². The number of benzene rings is 2. The van der Waals surface area contributed by atoms with Gasteiger partial charge >= 0.3 is 0 Å². The molecule has 0 saturated carbocycles. The number of fused-ring (bicyclic) bond motifs is 2. The van der Waals surface area contributed by atoms with Gasteiger partial charge in [-0.15, -0.1) is 0 Å². The van der Waals surface area contributed by atoms with Crippen LogP contribution in [0.15, 0.2) is 87.1 Å². The highest BCUT2D eigenvalue weighted by Crippen LogP contribution is 2.34. The first kappa shape index (κ1) is 19.2. The van der Waals surface area contributed by atoms with Crippen LogP contribution >= 0.6 is 0 Å². The number of aliphatic imine (C=N–C) groups is 4. The van der Waals surface area contributed by atoms with Crippen LogP contribution in [0.1, 0.15) is 24.1 Å². The molecular formula is C24H19N9. The fraction of sp³-hybridized carbons (Fsp3) is 0.125. The molecule has 2 atom stereocenters. The van der Waals surface area contributed by atoms with E-state index in [-0.39, 0.29) is 6.04 Å². The molecule has 0 radical (unpaired) electrons. The van der Waals surface area contributed by atoms with E-state index < -0.39 is 5.66 Å². The summed E-state index contributed by atoms with van der Waals surface area (Å²) in [5.74, 6) is 1.28. The molecule has 2 aromatic heterocycles. The summed E-state index contributed by atoms with van der Waals surface area (Å²) >= 11 is 0. The highest BCUT2D eigenvalue weighted by atomic mass is 15.2. The summed E-state index contributed by atoms with van der Waals surface area (Å²) in [6, 6.07) is 18.1. The van der Waals surface area contributed by atoms with Gasteiger partial charge < -0.3 is 5.32 Å². The van der Waals surface area contributed by atoms with E-state index in [1.54, 1.807) is 18.7 Å². The molecule has 6 rings (SSSR count). The molecule has 4 heterocycles. The molecule has 0 bridgehead atoms. The number of anilines is 1. The molecule has 1 unspecified atom stereocenters. The zero-order valence-electron chi connectivity index (χ0n) is 17.7. The first-order chi connectivity index (χ1) is 16.2. The second kappa shape index (κ2) is 7.56. The Kier molecular flexibility index (Phi) is 4.39. The number of rotatable bonds is 5. The van der Waals surface area contributed by atoms with Crippen molar-refractivity contribution in [2.45, 2.75) is 18.6 Å². The van der Waals surface area contributed by atoms with Crippen LogP contribution in [0.3, 0.4) is 0 Å². The van der Waals surface area contributed by atoms with Gasteiger partial charge in [-0.2, -0.15) is 4.98 Å². The lowest BCUT2D eigenvalue weighted by molar-refractivity contribution is 0.666. The van der Waals surface area contributed by atoms with Crippen molar-refractivity contribution < 1.29 is 0 Å². The van der Waals surface area contributed by atoms with E-state index in [0.717, 1.165) is 22.4 Å². The van der Waals surface area contributed by atoms with Gasteiger partial charge in [0, 0.05) is 11.8 Å². The molecule has 0 saturated heterocycles. The third kappa shape index (κ3) is 3.21. The zero-order chi connectivity index (χ0) is 22.3. The first-order valence-corrected chi connectivity index (χ1v) is 10.5. The molecule has 2 aliphatic heterocycles. The number of hydrogen-bond donors (Lipinski definition) is 1. The number of nitrogens with zero attached hydrogens (tertiary/aromatic N) is 8. The number of aromatic nitrogens is 4. The van der Waals surface area contributed by atoms with Crippen molar-refractivity contribution in [1.29, 1.82) is 0 Å². The molecule has 0 spiro atoms. The minimum Gasteiger partial charge on any atom is -0.348 e. The van der Waals surface area contributed by atoms with Crippen molar-refractivity contribution in [2.24, 2.45) is 20.0 Å². The molecule has 2 aliphatic rings. The van der Waals surface area contributed by atoms with Crippen LogP contribution < -0.4 is 5.32 Å². The molecular weight excluding hydrogens is 414 g/mol. The van der Waals surface area contributed by atoms with Crippen LogP contribution in [0.5, 0.6) is 0 Å². The number of nitrogens with one attached hydrogen (secondary N) is 1. The third-order valence-electron chi connectivity index (χ3n) is 5.79. The van der Waals surface area contributed by atoms with Crippen molar-refractivity contribution >= 4 is 41.6 Å². The van der Waals surface area contributed by atoms with Gasteiger partial charge in [0.05, 0.1) is 23.3 Å². The maximum absolute atomic E-state index is 4.71. The summed E-state index contributed by atoms with van der Waals surface area (Å²) in [5.41, 5.74) is 3.61. The maximum atomic E-state index is 4.71. The van der Waals surface area contributed by atoms with Gasteiger partial charge in [-0.25, -0.2) is 29.9 Å². The van der Waals surface area contributed by atoms with Crippen molar-refractivity contribution in [3.63, 3.8) is 0 Å². The van der Waals surface area contributed by atoms with Crippen LogP contribution in [0.4, 0.5) is 5.95 Å². The van der Waals surface area contributed by atoms with E-state index in [9.17, 15) is 0 Å². The van der Waals surface area contributed by atoms with Crippen LogP contribution in [0, 0.1) is 0 Å². The Balaban J connectivity index is 1.32. The Morgan fingerprint density at radius 1 is 0.970 bits per heavy atom. The van der Waals surface area contributed by atoms with Crippen LogP contribution in [0.25, 0.3) is 16.9 Å². The summed E-state index contributed by atoms with van der Waals surface area (Å²) < 4.78 is 1.94. The standard InChI is InChI=1S/C24H19N9/c1-16(17-5-3-2-4-6-17)31-23-26-10-9-22(32-23)33-15-28-19-11-18(7-8-20(19)33)24-21(27-14-30-24)12-25-13-29-24/h2-16H,1H3,(H,26,31,32)/t16-,24?/m0/s1. The Hall–Kier alpha value is -4.53. The fourth-order valence-corrected chi connectivity index (χ4v) is 4.06. The topological polar surface area (TPSA) is 105 Å². The Labute approximate surface area is 189 Å². The summed E-state index contributed by atoms with van der Waals surface area (Å²) in [4.78, 5) is 31.1. The van der Waals surface area contributed by atoms with Gasteiger partial charge in [0.15, 0.2) is 0 Å². The van der Waals surface area contributed by atoms with Crippen molar-refractivity contribution in [3.8, 4) is 5.82 Å². The van der Waals surface area contributed by atoms with Gasteiger partial charge in [0.1, 0.15) is 30.5 Å². The summed E-state index contributed by atoms with van der Waals surface area (Å²) in [5, 5.41) is 3.37. The lowest BCUT2D eigenvalue weighted by Crippen LogP contribution is -2.32. The lowest BCUT2D eigenvalue weighted by Gasteiger charge is -2.23. The second-order valence-corrected chi connectivity index (χ2v) is 7.79. The number of hydrogen-bond acceptors (Lipinski definition) is 8. The van der Waals surface area contributed by atoms with E-state index in [2.05, 4.69) is 54.3 Å². The molecule has 160 valence electrons. The Bertz CT molecular complexity index is 1470. The minimum absolute atomic E-state index is 0.0743. The fourth-order valence-electron chi connectivity index (χ4n) is 4.06. The van der Waals surface area contributed by atoms with Crippen molar-refractivity contribution in [3.05, 3.63) is 78.2 Å². The SMILES string of the molecule is C[C@H](Nc1nccc(-n2cnc3cc(C45N=CN=CC4=NC=N5)ccc32)n1)c1ccccc1. The highest BCUT2D eigenvalue weighted by Gasteiger charge is 2.39. The molecule has 2 aromatic carbocycles. The normalized spacial score (nSPS) is 19.5. The molecule has 0 aliphatic carbocycles. The molecule has 9 nitrogen and oxygen atoms in total. The van der Waals surface area contributed by atoms with Crippen molar-refractivity contribution in [1.82, 2.24) is 19.5 Å². The van der Waals surface area contributed by atoms with Gasteiger partial charge in [-0.05, 0) is 30.7 Å². The molecule has 0 amide bonds. The van der Waals surface area contributed by atoms with Crippen LogP contribution in [-0.2, 0) is 5.66 Å². The predicted molar refractivity (Wildman–Crippen MR) is 130 cm³/mol. The smallest absolute Gasteiger partial charge is 0.225 e. The first-order valence-electron chi connectivity index (χ1n) is 10.5. The Morgan fingerprint density at radius 3 is 2.76 bits per heavy atom. The van der Waals surface area contributed by atoms with E-state index in [4.69, 9.17) is 4.98 Å². The average Bonchev–Trinajstić information content (AvgIpc) is 3.49. The maximum Gasteiger partial charge on any atom is 0.225 e. The van der Waals surface area contributed by atoms with E-state index in [1.807, 2.05) is 47.0 Å². The Morgan fingerprint density at radius 2 is 1.85 bits per heavy atom. The average molecular weight is 433 g/mol. The van der Waals surface area contributed by atoms with E-state index in [1.165, 1.54) is 18.2 Å². The van der Waals surface area contributed by atoms with Gasteiger partial charge in [-0.1, -0.05) is 36.4 Å². The summed E-state index contributed by atoms with van der Waals surface area (Å²) in [6.45, 7) is 2.08. The quantitative estimate of drug-likeness (QED) is 0.518. The molecule has 33 heavy (non-hydrogen) atoms. The minimum atomic E-state index is -0.876. The third-order valence-corrected chi connectivity index (χ3v) is 5.79. The largest absolute Gasteiger partial charge is 0.348 e. The van der Waals surface area contributed by atoms with Crippen molar-refractivity contribution in [2.75, 3.05) is 5.32 Å². The summed E-state index contributed by atoms with van der Waals surface area (Å²) in [7, 11) is 0. The van der Waals surface area contributed by atoms with E-state index in [0.29, 0.717) is 11.7 Å². The van der Waals surface area contributed by atoms with Gasteiger partial charge in [0.2, 0.25) is 11.6 Å². The second-order valence-electron chi connectivity index (χ2n) is 7.79. The molecule has 4 aromatic rings. The highest BCUT2D eigenvalue weighted by molar-refractivity contribution is 6.39. The van der Waals surface area contributed by atoms with Crippen LogP contribution in [0.2, 0.25) is 0 Å². The van der Waals surface area contributed by atoms with E-state index >= 15 is 0 Å². The van der Waals surface area contributed by atoms with Crippen LogP contribution in [-0.4, -0.2) is 44.1 Å². The molecule has 0 fully saturated rings. The summed E-state index contributed by atoms with van der Waals surface area (Å²) in [6.07, 6.45) is 8.23. The monoisotopic (exact) mass is 433 g/mol. The van der Waals surface area contributed by atoms with Gasteiger partial charge in [0.25, 0.3) is 0 Å².